The average molecular weight is 1250 g/mol. The smallest absolute Gasteiger partial charge is 0.0942 e. The molecule has 0 N–H and O–H groups in total. The van der Waals surface area contributed by atoms with Crippen molar-refractivity contribution in [1.82, 2.24) is 32.4 Å². The largest absolute Gasteiger partial charge is 0.309 e. The Bertz CT molecular complexity index is 7040. The second-order valence-corrected chi connectivity index (χ2v) is 25.8. The highest BCUT2D eigenvalue weighted by Gasteiger charge is 2.26. The molecule has 0 fully saturated rings. The highest BCUT2D eigenvalue weighted by molar-refractivity contribution is 6.28. The van der Waals surface area contributed by atoms with Crippen LogP contribution in [-0.4, -0.2) is 32.4 Å². The number of fused-ring (bicyclic) bond motifs is 22. The molecule has 22 rings (SSSR count). The van der Waals surface area contributed by atoms with Crippen molar-refractivity contribution in [3.63, 3.8) is 0 Å². The molecule has 0 atom stereocenters. The third-order valence-corrected chi connectivity index (χ3v) is 20.7. The van der Waals surface area contributed by atoms with E-state index in [1.165, 1.54) is 147 Å². The molecule has 0 bridgehead atoms. The van der Waals surface area contributed by atoms with Crippen LogP contribution in [0.5, 0.6) is 0 Å². The van der Waals surface area contributed by atoms with Crippen LogP contribution in [0.15, 0.2) is 346 Å². The molecule has 7 aromatic heterocycles. The Kier molecular flexibility index (Phi) is 11.7. The van der Waals surface area contributed by atoms with Gasteiger partial charge in [-0.15, -0.1) is 0 Å². The fourth-order valence-corrected chi connectivity index (χ4v) is 16.7. The molecule has 0 saturated heterocycles. The van der Waals surface area contributed by atoms with Crippen LogP contribution >= 0.6 is 0 Å². The summed E-state index contributed by atoms with van der Waals surface area (Å²) in [4.78, 5) is 4.86. The standard InChI is InChI=1S/C46H29N3.C45H28N4/c1-2-15-31(16-3-1)47-40-21-9-7-19-35(40)38-29-32(25-27-43(38)47)48-42-23-11-8-20-37(42)45-44(48)28-26-36-34-18-6-10-22-41(34)49(46(36)45)39-24-12-14-30-13-4-5-17-33(30)39;1-2-14-30(15-3-1)47-37-19-7-5-17-33(37)36-28-31(23-25-40(36)47)48-38-20-8-4-16-32(38)34-24-26-41-43(45(34)48)35-18-6-9-21-39(35)49(41)42-22-10-12-29-13-11-27-46-44(29)42/h1-29H;1-28H. The van der Waals surface area contributed by atoms with Crippen LogP contribution in [0.4, 0.5) is 0 Å². The molecule has 0 radical (unpaired) electrons. The van der Waals surface area contributed by atoms with Gasteiger partial charge in [-0.05, 0) is 133 Å². The van der Waals surface area contributed by atoms with E-state index in [9.17, 15) is 0 Å². The fraction of sp³-hybridized carbons (Fsp3) is 0. The van der Waals surface area contributed by atoms with Gasteiger partial charge in [0, 0.05) is 104 Å². The molecule has 0 aliphatic heterocycles. The van der Waals surface area contributed by atoms with Crippen molar-refractivity contribution in [3.05, 3.63) is 346 Å². The lowest BCUT2D eigenvalue weighted by Gasteiger charge is -2.13. The highest BCUT2D eigenvalue weighted by Crippen LogP contribution is 2.47. The first-order chi connectivity index (χ1) is 48.7. The van der Waals surface area contributed by atoms with E-state index in [1.807, 2.05) is 12.3 Å². The van der Waals surface area contributed by atoms with Crippen molar-refractivity contribution in [3.8, 4) is 34.1 Å². The van der Waals surface area contributed by atoms with Crippen molar-refractivity contribution in [2.45, 2.75) is 0 Å². The third-order valence-electron chi connectivity index (χ3n) is 20.7. The van der Waals surface area contributed by atoms with E-state index in [1.54, 1.807) is 0 Å². The van der Waals surface area contributed by atoms with Crippen LogP contribution in [0.2, 0.25) is 0 Å². The molecule has 0 amide bonds. The molecule has 0 aliphatic carbocycles. The lowest BCUT2D eigenvalue weighted by molar-refractivity contribution is 1.16. The van der Waals surface area contributed by atoms with Crippen LogP contribution in [0.1, 0.15) is 0 Å². The molecule has 7 heterocycles. The van der Waals surface area contributed by atoms with Crippen molar-refractivity contribution in [2.24, 2.45) is 0 Å². The molecule has 456 valence electrons. The Morgan fingerprint density at radius 2 is 0.541 bits per heavy atom. The second kappa shape index (κ2) is 21.1. The monoisotopic (exact) mass is 1250 g/mol. The lowest BCUT2D eigenvalue weighted by atomic mass is 10.1. The van der Waals surface area contributed by atoms with E-state index >= 15 is 0 Å². The number of nitrogens with zero attached hydrogens (tertiary/aromatic N) is 7. The molecule has 0 saturated carbocycles. The summed E-state index contributed by atoms with van der Waals surface area (Å²) in [6, 6.07) is 123. The maximum Gasteiger partial charge on any atom is 0.0942 e. The fourth-order valence-electron chi connectivity index (χ4n) is 16.7. The van der Waals surface area contributed by atoms with Crippen LogP contribution in [-0.2, 0) is 0 Å². The minimum Gasteiger partial charge on any atom is -0.309 e. The van der Waals surface area contributed by atoms with Crippen molar-refractivity contribution in [1.29, 1.82) is 0 Å². The molecule has 7 nitrogen and oxygen atoms in total. The van der Waals surface area contributed by atoms with Crippen LogP contribution < -0.4 is 0 Å². The van der Waals surface area contributed by atoms with Crippen molar-refractivity contribution in [2.75, 3.05) is 0 Å². The average Bonchev–Trinajstić information content (AvgIpc) is 1.56. The summed E-state index contributed by atoms with van der Waals surface area (Å²) in [5, 5.41) is 18.6. The van der Waals surface area contributed by atoms with Gasteiger partial charge in [-0.1, -0.05) is 212 Å². The van der Waals surface area contributed by atoms with E-state index in [4.69, 9.17) is 4.98 Å². The minimum atomic E-state index is 0.994. The summed E-state index contributed by atoms with van der Waals surface area (Å²) >= 11 is 0. The van der Waals surface area contributed by atoms with Gasteiger partial charge in [-0.3, -0.25) is 4.98 Å². The minimum absolute atomic E-state index is 0.994. The topological polar surface area (TPSA) is 42.5 Å². The van der Waals surface area contributed by atoms with E-state index in [0.717, 1.165) is 39.2 Å². The molecule has 22 aromatic rings. The number of rotatable bonds is 6. The van der Waals surface area contributed by atoms with Crippen LogP contribution in [0, 0.1) is 0 Å². The van der Waals surface area contributed by atoms with Gasteiger partial charge in [0.2, 0.25) is 0 Å². The second-order valence-electron chi connectivity index (χ2n) is 25.8. The Morgan fingerprint density at radius 3 is 1.10 bits per heavy atom. The summed E-state index contributed by atoms with van der Waals surface area (Å²) < 4.78 is 14.6. The number of aromatic nitrogens is 7. The van der Waals surface area contributed by atoms with Gasteiger partial charge in [0.25, 0.3) is 0 Å². The van der Waals surface area contributed by atoms with Crippen molar-refractivity contribution >= 4 is 153 Å². The first-order valence-electron chi connectivity index (χ1n) is 33.6. The summed E-state index contributed by atoms with van der Waals surface area (Å²) in [5.41, 5.74) is 22.3. The summed E-state index contributed by atoms with van der Waals surface area (Å²) in [6.45, 7) is 0. The van der Waals surface area contributed by atoms with Gasteiger partial charge < -0.3 is 27.4 Å². The molecule has 0 unspecified atom stereocenters. The first-order valence-corrected chi connectivity index (χ1v) is 33.6. The van der Waals surface area contributed by atoms with E-state index in [0.29, 0.717) is 0 Å². The number of hydrogen-bond donors (Lipinski definition) is 0. The summed E-state index contributed by atoms with van der Waals surface area (Å²) in [6.07, 6.45) is 1.89. The van der Waals surface area contributed by atoms with Crippen molar-refractivity contribution < 1.29 is 0 Å². The van der Waals surface area contributed by atoms with Gasteiger partial charge in [-0.25, -0.2) is 0 Å². The van der Waals surface area contributed by atoms with Crippen LogP contribution in [0.25, 0.3) is 187 Å². The number of benzene rings is 15. The van der Waals surface area contributed by atoms with Gasteiger partial charge in [0.1, 0.15) is 0 Å². The third kappa shape index (κ3) is 7.78. The Hall–Kier alpha value is -13.2. The highest BCUT2D eigenvalue weighted by atomic mass is 15.0. The Labute approximate surface area is 561 Å². The quantitative estimate of drug-likeness (QED) is 0.164. The van der Waals surface area contributed by atoms with Gasteiger partial charge in [0.15, 0.2) is 0 Å². The van der Waals surface area contributed by atoms with E-state index < -0.39 is 0 Å². The normalized spacial score (nSPS) is 12.1. The summed E-state index contributed by atoms with van der Waals surface area (Å²) in [7, 11) is 0. The molecular formula is C91H57N7. The molecular weight excluding hydrogens is 1190 g/mol. The van der Waals surface area contributed by atoms with Gasteiger partial charge in [0.05, 0.1) is 83.1 Å². The molecule has 7 heteroatoms. The predicted octanol–water partition coefficient (Wildman–Crippen LogP) is 23.7. The summed E-state index contributed by atoms with van der Waals surface area (Å²) in [5.74, 6) is 0. The number of hydrogen-bond acceptors (Lipinski definition) is 1. The molecule has 15 aromatic carbocycles. The molecule has 0 aliphatic rings. The Morgan fingerprint density at radius 1 is 0.184 bits per heavy atom. The SMILES string of the molecule is c1ccc(-n2c3ccccc3c3cc(-n4c5ccccc5c5c4ccc4c6ccccc6n(-c6cccc7ccccc67)c45)ccc32)cc1.c1ccc(-n2c3ccccc3c3cc(-n4c5ccccc5c5ccc6c(c7ccccc7n6-c6cccc7cccnc67)c54)ccc32)cc1. The molecule has 0 spiro atoms. The van der Waals surface area contributed by atoms with Crippen LogP contribution in [0.3, 0.4) is 0 Å². The van der Waals surface area contributed by atoms with Gasteiger partial charge >= 0.3 is 0 Å². The Balaban J connectivity index is 0.000000129. The maximum absolute atomic E-state index is 4.86. The zero-order valence-corrected chi connectivity index (χ0v) is 53.0. The lowest BCUT2D eigenvalue weighted by Crippen LogP contribution is -1.97. The van der Waals surface area contributed by atoms with E-state index in [-0.39, 0.29) is 0 Å². The number of para-hydroxylation sites is 9. The van der Waals surface area contributed by atoms with E-state index in [2.05, 4.69) is 361 Å². The first kappa shape index (κ1) is 54.2. The van der Waals surface area contributed by atoms with Gasteiger partial charge in [-0.2, -0.15) is 0 Å². The number of pyridine rings is 1. The molecule has 98 heavy (non-hydrogen) atoms. The zero-order chi connectivity index (χ0) is 64.1. The zero-order valence-electron chi connectivity index (χ0n) is 53.0. The maximum atomic E-state index is 4.86. The predicted molar refractivity (Wildman–Crippen MR) is 412 cm³/mol.